The van der Waals surface area contributed by atoms with Gasteiger partial charge in [-0.1, -0.05) is 29.8 Å². The molecule has 0 saturated heterocycles. The summed E-state index contributed by atoms with van der Waals surface area (Å²) < 4.78 is 10.7. The van der Waals surface area contributed by atoms with Gasteiger partial charge in [-0.2, -0.15) is 0 Å². The van der Waals surface area contributed by atoms with E-state index in [0.717, 1.165) is 11.1 Å². The summed E-state index contributed by atoms with van der Waals surface area (Å²) in [6.07, 6.45) is -0.761. The lowest BCUT2D eigenvalue weighted by molar-refractivity contribution is -0.145. The first-order valence-electron chi connectivity index (χ1n) is 6.78. The van der Waals surface area contributed by atoms with E-state index in [0.29, 0.717) is 16.5 Å². The standard InChI is InChI=1S/C17H17ClO4/c1-11-12(5-3-8-15(11)18)9-16(17(19)20)22-14-7-4-6-13(10-14)21-2/h3-8,10,16H,9H2,1-2H3,(H,19,20). The SMILES string of the molecule is COc1cccc(OC(Cc2cccc(Cl)c2C)C(=O)O)c1. The maximum Gasteiger partial charge on any atom is 0.345 e. The van der Waals surface area contributed by atoms with Crippen LogP contribution in [0.2, 0.25) is 5.02 Å². The molecule has 2 rings (SSSR count). The van der Waals surface area contributed by atoms with Crippen molar-refractivity contribution in [3.05, 3.63) is 58.6 Å². The summed E-state index contributed by atoms with van der Waals surface area (Å²) in [7, 11) is 1.54. The Hall–Kier alpha value is -2.20. The van der Waals surface area contributed by atoms with Gasteiger partial charge in [0.05, 0.1) is 7.11 Å². The zero-order chi connectivity index (χ0) is 16.1. The number of carboxylic acid groups (broad SMARTS) is 1. The molecule has 0 aromatic heterocycles. The van der Waals surface area contributed by atoms with E-state index in [1.165, 1.54) is 0 Å². The Kier molecular flexibility index (Phi) is 5.28. The van der Waals surface area contributed by atoms with Crippen molar-refractivity contribution in [2.45, 2.75) is 19.4 Å². The van der Waals surface area contributed by atoms with E-state index in [1.54, 1.807) is 43.5 Å². The van der Waals surface area contributed by atoms with Crippen molar-refractivity contribution in [3.63, 3.8) is 0 Å². The second kappa shape index (κ2) is 7.18. The van der Waals surface area contributed by atoms with Crippen molar-refractivity contribution >= 4 is 17.6 Å². The molecule has 0 aliphatic heterocycles. The van der Waals surface area contributed by atoms with Gasteiger partial charge in [0.25, 0.3) is 0 Å². The maximum absolute atomic E-state index is 11.5. The summed E-state index contributed by atoms with van der Waals surface area (Å²) in [5.41, 5.74) is 1.72. The number of carboxylic acids is 1. The van der Waals surface area contributed by atoms with Crippen LogP contribution in [0.5, 0.6) is 11.5 Å². The molecule has 1 unspecified atom stereocenters. The number of halogens is 1. The average Bonchev–Trinajstić information content (AvgIpc) is 2.51. The maximum atomic E-state index is 11.5. The number of methoxy groups -OCH3 is 1. The van der Waals surface area contributed by atoms with Crippen LogP contribution >= 0.6 is 11.6 Å². The zero-order valence-corrected chi connectivity index (χ0v) is 13.1. The van der Waals surface area contributed by atoms with Crippen molar-refractivity contribution in [3.8, 4) is 11.5 Å². The third kappa shape index (κ3) is 3.92. The molecule has 5 heteroatoms. The van der Waals surface area contributed by atoms with Gasteiger partial charge < -0.3 is 14.6 Å². The van der Waals surface area contributed by atoms with Gasteiger partial charge in [-0.05, 0) is 36.2 Å². The second-order valence-corrected chi connectivity index (χ2v) is 5.26. The van der Waals surface area contributed by atoms with Crippen molar-refractivity contribution in [2.75, 3.05) is 7.11 Å². The largest absolute Gasteiger partial charge is 0.497 e. The molecule has 0 amide bonds. The first-order valence-corrected chi connectivity index (χ1v) is 7.16. The van der Waals surface area contributed by atoms with Gasteiger partial charge in [0.2, 0.25) is 0 Å². The molecule has 0 aliphatic carbocycles. The average molecular weight is 321 g/mol. The van der Waals surface area contributed by atoms with E-state index in [-0.39, 0.29) is 6.42 Å². The van der Waals surface area contributed by atoms with Crippen LogP contribution in [0.15, 0.2) is 42.5 Å². The summed E-state index contributed by atoms with van der Waals surface area (Å²) in [5, 5.41) is 10.0. The lowest BCUT2D eigenvalue weighted by Crippen LogP contribution is -2.29. The molecule has 0 bridgehead atoms. The van der Waals surface area contributed by atoms with Crippen LogP contribution in [0.3, 0.4) is 0 Å². The van der Waals surface area contributed by atoms with Crippen molar-refractivity contribution in [2.24, 2.45) is 0 Å². The number of rotatable bonds is 6. The first-order chi connectivity index (χ1) is 10.5. The van der Waals surface area contributed by atoms with Gasteiger partial charge in [0, 0.05) is 17.5 Å². The van der Waals surface area contributed by atoms with Crippen LogP contribution in [0.1, 0.15) is 11.1 Å². The predicted octanol–water partition coefficient (Wildman–Crippen LogP) is 3.73. The van der Waals surface area contributed by atoms with Gasteiger partial charge in [0.1, 0.15) is 11.5 Å². The summed E-state index contributed by atoms with van der Waals surface area (Å²) in [4.78, 5) is 11.5. The van der Waals surface area contributed by atoms with Gasteiger partial charge in [-0.15, -0.1) is 0 Å². The van der Waals surface area contributed by atoms with E-state index in [4.69, 9.17) is 21.1 Å². The summed E-state index contributed by atoms with van der Waals surface area (Å²) >= 11 is 6.07. The number of aliphatic carboxylic acids is 1. The Bertz CT molecular complexity index is 669. The Labute approximate surface area is 134 Å². The van der Waals surface area contributed by atoms with Crippen LogP contribution in [0.25, 0.3) is 0 Å². The highest BCUT2D eigenvalue weighted by molar-refractivity contribution is 6.31. The Morgan fingerprint density at radius 1 is 1.23 bits per heavy atom. The minimum atomic E-state index is -1.03. The molecule has 2 aromatic carbocycles. The molecule has 0 fully saturated rings. The summed E-state index contributed by atoms with van der Waals surface area (Å²) in [6.45, 7) is 1.86. The minimum absolute atomic E-state index is 0.235. The minimum Gasteiger partial charge on any atom is -0.497 e. The van der Waals surface area contributed by atoms with E-state index < -0.39 is 12.1 Å². The molecule has 0 saturated carbocycles. The molecule has 22 heavy (non-hydrogen) atoms. The van der Waals surface area contributed by atoms with Crippen molar-refractivity contribution < 1.29 is 19.4 Å². The van der Waals surface area contributed by atoms with Crippen LogP contribution in [-0.2, 0) is 11.2 Å². The van der Waals surface area contributed by atoms with E-state index in [1.807, 2.05) is 13.0 Å². The van der Waals surface area contributed by atoms with Crippen molar-refractivity contribution in [1.29, 1.82) is 0 Å². The molecule has 0 radical (unpaired) electrons. The van der Waals surface area contributed by atoms with Crippen LogP contribution in [0.4, 0.5) is 0 Å². The topological polar surface area (TPSA) is 55.8 Å². The van der Waals surface area contributed by atoms with Gasteiger partial charge in [-0.3, -0.25) is 0 Å². The van der Waals surface area contributed by atoms with Crippen LogP contribution < -0.4 is 9.47 Å². The van der Waals surface area contributed by atoms with Crippen molar-refractivity contribution in [1.82, 2.24) is 0 Å². The normalized spacial score (nSPS) is 11.8. The lowest BCUT2D eigenvalue weighted by atomic mass is 10.0. The zero-order valence-electron chi connectivity index (χ0n) is 12.4. The Morgan fingerprint density at radius 2 is 1.91 bits per heavy atom. The highest BCUT2D eigenvalue weighted by atomic mass is 35.5. The van der Waals surface area contributed by atoms with E-state index >= 15 is 0 Å². The van der Waals surface area contributed by atoms with Gasteiger partial charge in [0.15, 0.2) is 6.10 Å². The predicted molar refractivity (Wildman–Crippen MR) is 84.9 cm³/mol. The molecule has 116 valence electrons. The molecule has 1 atom stereocenters. The molecule has 0 aliphatic rings. The molecule has 1 N–H and O–H groups in total. The smallest absolute Gasteiger partial charge is 0.345 e. The molecule has 0 heterocycles. The molecule has 2 aromatic rings. The quantitative estimate of drug-likeness (QED) is 0.881. The monoisotopic (exact) mass is 320 g/mol. The summed E-state index contributed by atoms with van der Waals surface area (Å²) in [6, 6.07) is 12.3. The van der Waals surface area contributed by atoms with Gasteiger partial charge in [-0.25, -0.2) is 4.79 Å². The highest BCUT2D eigenvalue weighted by Gasteiger charge is 2.21. The molecular weight excluding hydrogens is 304 g/mol. The second-order valence-electron chi connectivity index (χ2n) is 4.85. The number of carbonyl (C=O) groups is 1. The third-order valence-corrected chi connectivity index (χ3v) is 3.79. The fourth-order valence-electron chi connectivity index (χ4n) is 2.09. The van der Waals surface area contributed by atoms with E-state index in [9.17, 15) is 9.90 Å². The third-order valence-electron chi connectivity index (χ3n) is 3.38. The number of ether oxygens (including phenoxy) is 2. The summed E-state index contributed by atoms with van der Waals surface area (Å²) in [5.74, 6) is 0.0363. The number of benzene rings is 2. The molecule has 0 spiro atoms. The van der Waals surface area contributed by atoms with Crippen LogP contribution in [-0.4, -0.2) is 24.3 Å². The Balaban J connectivity index is 2.20. The lowest BCUT2D eigenvalue weighted by Gasteiger charge is -2.17. The fraction of sp³-hybridized carbons (Fsp3) is 0.235. The number of hydrogen-bond donors (Lipinski definition) is 1. The first kappa shape index (κ1) is 16.2. The van der Waals surface area contributed by atoms with Gasteiger partial charge >= 0.3 is 5.97 Å². The fourth-order valence-corrected chi connectivity index (χ4v) is 2.29. The van der Waals surface area contributed by atoms with E-state index in [2.05, 4.69) is 0 Å². The van der Waals surface area contributed by atoms with Crippen LogP contribution in [0, 0.1) is 6.92 Å². The molecule has 4 nitrogen and oxygen atoms in total. The highest BCUT2D eigenvalue weighted by Crippen LogP contribution is 2.23. The Morgan fingerprint density at radius 3 is 2.59 bits per heavy atom. The molecular formula is C17H17ClO4. The number of hydrogen-bond acceptors (Lipinski definition) is 3.